The number of hydrogen-bond acceptors (Lipinski definition) is 4. The van der Waals surface area contributed by atoms with Crippen molar-refractivity contribution in [3.05, 3.63) is 66.4 Å². The number of pyridine rings is 1. The fourth-order valence-corrected chi connectivity index (χ4v) is 1.77. The number of ketones is 1. The van der Waals surface area contributed by atoms with Crippen molar-refractivity contribution in [2.75, 3.05) is 0 Å². The second kappa shape index (κ2) is 4.33. The highest BCUT2D eigenvalue weighted by molar-refractivity contribution is 6.08. The summed E-state index contributed by atoms with van der Waals surface area (Å²) >= 11 is 0. The van der Waals surface area contributed by atoms with Crippen molar-refractivity contribution in [3.8, 4) is 0 Å². The zero-order valence-electron chi connectivity index (χ0n) is 9.45. The molecule has 0 radical (unpaired) electrons. The van der Waals surface area contributed by atoms with E-state index >= 15 is 0 Å². The molecule has 4 nitrogen and oxygen atoms in total. The van der Waals surface area contributed by atoms with Crippen molar-refractivity contribution in [2.24, 2.45) is 0 Å². The first-order valence-corrected chi connectivity index (χ1v) is 5.50. The Bertz CT molecular complexity index is 710. The Morgan fingerprint density at radius 3 is 2.78 bits per heavy atom. The summed E-state index contributed by atoms with van der Waals surface area (Å²) in [5.74, 6) is -0.143. The van der Waals surface area contributed by atoms with E-state index < -0.39 is 0 Å². The van der Waals surface area contributed by atoms with Crippen LogP contribution in [0.2, 0.25) is 0 Å². The Hall–Kier alpha value is -2.62. The molecule has 0 aliphatic heterocycles. The maximum Gasteiger partial charge on any atom is 0.213 e. The van der Waals surface area contributed by atoms with Gasteiger partial charge >= 0.3 is 0 Å². The number of fused-ring (bicyclic) bond motifs is 1. The van der Waals surface area contributed by atoms with Crippen LogP contribution in [0, 0.1) is 0 Å². The fraction of sp³-hybridized carbons (Fsp3) is 0. The molecule has 2 heterocycles. The molecule has 0 unspecified atom stereocenters. The second-order valence-corrected chi connectivity index (χ2v) is 3.84. The summed E-state index contributed by atoms with van der Waals surface area (Å²) in [6.45, 7) is 0. The molecule has 3 aromatic rings. The molecule has 0 N–H and O–H groups in total. The third-order valence-corrected chi connectivity index (χ3v) is 2.67. The van der Waals surface area contributed by atoms with Gasteiger partial charge in [0.05, 0.1) is 5.52 Å². The Kier molecular flexibility index (Phi) is 2.53. The van der Waals surface area contributed by atoms with Crippen molar-refractivity contribution >= 4 is 16.7 Å². The molecular formula is C14H9N3O. The molecule has 0 spiro atoms. The van der Waals surface area contributed by atoms with Crippen molar-refractivity contribution in [1.82, 2.24) is 15.0 Å². The van der Waals surface area contributed by atoms with Gasteiger partial charge in [0.15, 0.2) is 0 Å². The maximum atomic E-state index is 12.2. The average Bonchev–Trinajstić information content (AvgIpc) is 2.47. The third kappa shape index (κ3) is 1.84. The van der Waals surface area contributed by atoms with Crippen LogP contribution in [0.5, 0.6) is 0 Å². The molecule has 3 rings (SSSR count). The highest BCUT2D eigenvalue weighted by atomic mass is 16.1. The van der Waals surface area contributed by atoms with Crippen LogP contribution < -0.4 is 0 Å². The van der Waals surface area contributed by atoms with E-state index in [2.05, 4.69) is 15.0 Å². The first-order chi connectivity index (χ1) is 8.84. The van der Waals surface area contributed by atoms with Gasteiger partial charge in [0.2, 0.25) is 5.78 Å². The summed E-state index contributed by atoms with van der Waals surface area (Å²) in [6.07, 6.45) is 4.49. The SMILES string of the molecule is O=C(c1cnc2ccccc2c1)c1ccncn1. The Morgan fingerprint density at radius 2 is 1.94 bits per heavy atom. The van der Waals surface area contributed by atoms with Crippen molar-refractivity contribution in [2.45, 2.75) is 0 Å². The van der Waals surface area contributed by atoms with Crippen LogP contribution in [0.15, 0.2) is 55.1 Å². The Labute approximate surface area is 103 Å². The number of aromatic nitrogens is 3. The molecular weight excluding hydrogens is 226 g/mol. The predicted octanol–water partition coefficient (Wildman–Crippen LogP) is 2.26. The molecule has 0 saturated carbocycles. The molecule has 0 aliphatic rings. The van der Waals surface area contributed by atoms with Gasteiger partial charge in [-0.3, -0.25) is 9.78 Å². The van der Waals surface area contributed by atoms with Crippen LogP contribution in [0.25, 0.3) is 10.9 Å². The first-order valence-electron chi connectivity index (χ1n) is 5.50. The second-order valence-electron chi connectivity index (χ2n) is 3.84. The van der Waals surface area contributed by atoms with Gasteiger partial charge in [-0.2, -0.15) is 0 Å². The minimum Gasteiger partial charge on any atom is -0.287 e. The van der Waals surface area contributed by atoms with Gasteiger partial charge in [0.1, 0.15) is 12.0 Å². The highest BCUT2D eigenvalue weighted by Crippen LogP contribution is 2.14. The smallest absolute Gasteiger partial charge is 0.213 e. The normalized spacial score (nSPS) is 10.4. The number of rotatable bonds is 2. The monoisotopic (exact) mass is 235 g/mol. The lowest BCUT2D eigenvalue weighted by Gasteiger charge is -2.01. The van der Waals surface area contributed by atoms with Gasteiger partial charge < -0.3 is 0 Å². The van der Waals surface area contributed by atoms with Crippen LogP contribution in [0.1, 0.15) is 16.1 Å². The fourth-order valence-electron chi connectivity index (χ4n) is 1.77. The molecule has 86 valence electrons. The van der Waals surface area contributed by atoms with Gasteiger partial charge in [-0.15, -0.1) is 0 Å². The lowest BCUT2D eigenvalue weighted by molar-refractivity contribution is 0.103. The minimum atomic E-state index is -0.143. The standard InChI is InChI=1S/C14H9N3O/c18-14(13-5-6-15-9-17-13)11-7-10-3-1-2-4-12(10)16-8-11/h1-9H. The van der Waals surface area contributed by atoms with Gasteiger partial charge in [-0.25, -0.2) is 9.97 Å². The lowest BCUT2D eigenvalue weighted by atomic mass is 10.1. The highest BCUT2D eigenvalue weighted by Gasteiger charge is 2.10. The van der Waals surface area contributed by atoms with Crippen molar-refractivity contribution in [3.63, 3.8) is 0 Å². The quantitative estimate of drug-likeness (QED) is 0.639. The van der Waals surface area contributed by atoms with Crippen LogP contribution >= 0.6 is 0 Å². The summed E-state index contributed by atoms with van der Waals surface area (Å²) in [7, 11) is 0. The zero-order valence-corrected chi connectivity index (χ0v) is 9.45. The van der Waals surface area contributed by atoms with Gasteiger partial charge in [0, 0.05) is 23.3 Å². The number of para-hydroxylation sites is 1. The molecule has 0 amide bonds. The number of carbonyl (C=O) groups excluding carboxylic acids is 1. The topological polar surface area (TPSA) is 55.7 Å². The molecule has 0 fully saturated rings. The number of nitrogens with zero attached hydrogens (tertiary/aromatic N) is 3. The third-order valence-electron chi connectivity index (χ3n) is 2.67. The molecule has 0 atom stereocenters. The largest absolute Gasteiger partial charge is 0.287 e. The summed E-state index contributed by atoms with van der Waals surface area (Å²) < 4.78 is 0. The molecule has 18 heavy (non-hydrogen) atoms. The summed E-state index contributed by atoms with van der Waals surface area (Å²) in [5, 5.41) is 0.942. The van der Waals surface area contributed by atoms with Crippen molar-refractivity contribution < 1.29 is 4.79 Å². The van der Waals surface area contributed by atoms with Crippen LogP contribution in [-0.4, -0.2) is 20.7 Å². The predicted molar refractivity (Wildman–Crippen MR) is 67.2 cm³/mol. The Balaban J connectivity index is 2.07. The molecule has 0 bridgehead atoms. The summed E-state index contributed by atoms with van der Waals surface area (Å²) in [5.41, 5.74) is 1.78. The van der Waals surface area contributed by atoms with E-state index in [0.29, 0.717) is 11.3 Å². The molecule has 1 aromatic carbocycles. The summed E-state index contributed by atoms with van der Waals surface area (Å²) in [4.78, 5) is 24.2. The number of benzene rings is 1. The van der Waals surface area contributed by atoms with E-state index in [1.165, 1.54) is 6.33 Å². The number of hydrogen-bond donors (Lipinski definition) is 0. The van der Waals surface area contributed by atoms with E-state index in [0.717, 1.165) is 10.9 Å². The summed E-state index contributed by atoms with van der Waals surface area (Å²) in [6, 6.07) is 11.1. The average molecular weight is 235 g/mol. The zero-order chi connectivity index (χ0) is 12.4. The maximum absolute atomic E-state index is 12.2. The van der Waals surface area contributed by atoms with Crippen LogP contribution in [-0.2, 0) is 0 Å². The van der Waals surface area contributed by atoms with E-state index in [4.69, 9.17) is 0 Å². The molecule has 0 saturated heterocycles. The molecule has 0 aliphatic carbocycles. The van der Waals surface area contributed by atoms with Crippen molar-refractivity contribution in [1.29, 1.82) is 0 Å². The lowest BCUT2D eigenvalue weighted by Crippen LogP contribution is -2.04. The number of carbonyl (C=O) groups is 1. The van der Waals surface area contributed by atoms with Crippen LogP contribution in [0.4, 0.5) is 0 Å². The van der Waals surface area contributed by atoms with E-state index in [1.54, 1.807) is 18.5 Å². The molecule has 2 aromatic heterocycles. The van der Waals surface area contributed by atoms with E-state index in [9.17, 15) is 4.79 Å². The minimum absolute atomic E-state index is 0.143. The van der Waals surface area contributed by atoms with E-state index in [-0.39, 0.29) is 5.78 Å². The van der Waals surface area contributed by atoms with Crippen LogP contribution in [0.3, 0.4) is 0 Å². The van der Waals surface area contributed by atoms with Gasteiger partial charge in [-0.05, 0) is 18.2 Å². The first kappa shape index (κ1) is 10.5. The Morgan fingerprint density at radius 1 is 1.06 bits per heavy atom. The van der Waals surface area contributed by atoms with Gasteiger partial charge in [-0.1, -0.05) is 18.2 Å². The van der Waals surface area contributed by atoms with Gasteiger partial charge in [0.25, 0.3) is 0 Å². The van der Waals surface area contributed by atoms with E-state index in [1.807, 2.05) is 30.3 Å². The molecule has 4 heteroatoms.